The molecule has 2 heterocycles. The molecule has 1 atom stereocenters. The molecule has 1 unspecified atom stereocenters. The summed E-state index contributed by atoms with van der Waals surface area (Å²) in [4.78, 5) is 12.2. The van der Waals surface area contributed by atoms with Crippen LogP contribution in [0.3, 0.4) is 0 Å². The highest BCUT2D eigenvalue weighted by atomic mass is 16.5. The highest BCUT2D eigenvalue weighted by Crippen LogP contribution is 2.16. The molecule has 1 aromatic heterocycles. The van der Waals surface area contributed by atoms with Gasteiger partial charge in [-0.25, -0.2) is 0 Å². The van der Waals surface area contributed by atoms with Crippen molar-refractivity contribution in [3.05, 3.63) is 47.8 Å². The quantitative estimate of drug-likeness (QED) is 0.795. The van der Waals surface area contributed by atoms with Gasteiger partial charge in [0, 0.05) is 12.7 Å². The van der Waals surface area contributed by atoms with Gasteiger partial charge in [-0.1, -0.05) is 18.2 Å². The first-order chi connectivity index (χ1) is 11.7. The van der Waals surface area contributed by atoms with Gasteiger partial charge < -0.3 is 15.4 Å². The Morgan fingerprint density at radius 2 is 2.29 bits per heavy atom. The van der Waals surface area contributed by atoms with Crippen LogP contribution in [0.4, 0.5) is 0 Å². The topological polar surface area (TPSA) is 68.2 Å². The standard InChI is InChI=1S/C18H24N4O2/c1-14-5-2-3-7-17(14)24-12-10-20-18(23)16-8-11-22(21-16)15-6-4-9-19-13-15/h2-3,5,7-8,11,15,19H,4,6,9-10,12-13H2,1H3,(H,20,23). The maximum absolute atomic E-state index is 12.2. The fraction of sp³-hybridized carbons (Fsp3) is 0.444. The second-order valence-corrected chi connectivity index (χ2v) is 6.05. The molecule has 1 aliphatic heterocycles. The van der Waals surface area contributed by atoms with Gasteiger partial charge in [-0.2, -0.15) is 5.10 Å². The van der Waals surface area contributed by atoms with Gasteiger partial charge in [0.25, 0.3) is 5.91 Å². The Morgan fingerprint density at radius 3 is 3.08 bits per heavy atom. The molecule has 3 rings (SSSR count). The minimum absolute atomic E-state index is 0.161. The number of carbonyl (C=O) groups excluding carboxylic acids is 1. The van der Waals surface area contributed by atoms with E-state index in [1.54, 1.807) is 6.07 Å². The number of nitrogens with zero attached hydrogens (tertiary/aromatic N) is 2. The normalized spacial score (nSPS) is 17.5. The van der Waals surface area contributed by atoms with Crippen molar-refractivity contribution in [2.24, 2.45) is 0 Å². The third kappa shape index (κ3) is 4.14. The smallest absolute Gasteiger partial charge is 0.271 e. The van der Waals surface area contributed by atoms with Crippen LogP contribution in [0.5, 0.6) is 5.75 Å². The zero-order valence-electron chi connectivity index (χ0n) is 14.0. The summed E-state index contributed by atoms with van der Waals surface area (Å²) in [5.41, 5.74) is 1.54. The molecule has 2 N–H and O–H groups in total. The average Bonchev–Trinajstić information content (AvgIpc) is 3.11. The van der Waals surface area contributed by atoms with Gasteiger partial charge in [0.1, 0.15) is 18.1 Å². The van der Waals surface area contributed by atoms with E-state index in [0.29, 0.717) is 24.9 Å². The maximum atomic E-state index is 12.2. The number of amides is 1. The molecule has 1 aliphatic rings. The number of hydrogen-bond donors (Lipinski definition) is 2. The van der Waals surface area contributed by atoms with Gasteiger partial charge in [-0.3, -0.25) is 9.48 Å². The average molecular weight is 328 g/mol. The molecule has 0 radical (unpaired) electrons. The summed E-state index contributed by atoms with van der Waals surface area (Å²) in [6.07, 6.45) is 4.12. The maximum Gasteiger partial charge on any atom is 0.271 e. The molecule has 6 heteroatoms. The van der Waals surface area contributed by atoms with Crippen LogP contribution in [0.2, 0.25) is 0 Å². The Labute approximate surface area is 142 Å². The van der Waals surface area contributed by atoms with Crippen molar-refractivity contribution < 1.29 is 9.53 Å². The van der Waals surface area contributed by atoms with Gasteiger partial charge in [0.05, 0.1) is 12.6 Å². The van der Waals surface area contributed by atoms with Gasteiger partial charge in [0.15, 0.2) is 0 Å². The molecule has 24 heavy (non-hydrogen) atoms. The van der Waals surface area contributed by atoms with E-state index in [-0.39, 0.29) is 5.91 Å². The van der Waals surface area contributed by atoms with Crippen molar-refractivity contribution in [2.75, 3.05) is 26.2 Å². The highest BCUT2D eigenvalue weighted by molar-refractivity contribution is 5.92. The van der Waals surface area contributed by atoms with E-state index in [1.165, 1.54) is 0 Å². The summed E-state index contributed by atoms with van der Waals surface area (Å²) in [5, 5.41) is 10.6. The van der Waals surface area contributed by atoms with Crippen LogP contribution in [-0.4, -0.2) is 41.9 Å². The Bertz CT molecular complexity index is 677. The molecule has 0 bridgehead atoms. The number of nitrogens with one attached hydrogen (secondary N) is 2. The van der Waals surface area contributed by atoms with Crippen LogP contribution < -0.4 is 15.4 Å². The van der Waals surface area contributed by atoms with Gasteiger partial charge >= 0.3 is 0 Å². The van der Waals surface area contributed by atoms with Gasteiger partial charge in [-0.15, -0.1) is 0 Å². The van der Waals surface area contributed by atoms with Crippen LogP contribution in [0.1, 0.15) is 34.9 Å². The minimum atomic E-state index is -0.161. The number of benzene rings is 1. The summed E-state index contributed by atoms with van der Waals surface area (Å²) in [6, 6.07) is 9.95. The monoisotopic (exact) mass is 328 g/mol. The number of carbonyl (C=O) groups is 1. The summed E-state index contributed by atoms with van der Waals surface area (Å²) < 4.78 is 7.57. The summed E-state index contributed by atoms with van der Waals surface area (Å²) in [5.74, 6) is 0.687. The van der Waals surface area contributed by atoms with Crippen LogP contribution >= 0.6 is 0 Å². The van der Waals surface area contributed by atoms with Crippen molar-refractivity contribution >= 4 is 5.91 Å². The summed E-state index contributed by atoms with van der Waals surface area (Å²) >= 11 is 0. The first-order valence-corrected chi connectivity index (χ1v) is 8.46. The van der Waals surface area contributed by atoms with E-state index in [0.717, 1.165) is 37.2 Å². The third-order valence-electron chi connectivity index (χ3n) is 4.22. The van der Waals surface area contributed by atoms with E-state index in [2.05, 4.69) is 15.7 Å². The largest absolute Gasteiger partial charge is 0.491 e. The molecular weight excluding hydrogens is 304 g/mol. The van der Waals surface area contributed by atoms with Gasteiger partial charge in [0.2, 0.25) is 0 Å². The number of hydrogen-bond acceptors (Lipinski definition) is 4. The highest BCUT2D eigenvalue weighted by Gasteiger charge is 2.17. The molecule has 0 spiro atoms. The fourth-order valence-electron chi connectivity index (χ4n) is 2.86. The third-order valence-corrected chi connectivity index (χ3v) is 4.22. The molecule has 1 aromatic carbocycles. The van der Waals surface area contributed by atoms with Crippen LogP contribution in [0, 0.1) is 6.92 Å². The van der Waals surface area contributed by atoms with E-state index in [9.17, 15) is 4.79 Å². The Kier molecular flexibility index (Phi) is 5.48. The van der Waals surface area contributed by atoms with E-state index < -0.39 is 0 Å². The van der Waals surface area contributed by atoms with E-state index in [4.69, 9.17) is 4.74 Å². The molecule has 1 amide bonds. The zero-order valence-corrected chi connectivity index (χ0v) is 14.0. The van der Waals surface area contributed by atoms with Gasteiger partial charge in [-0.05, 0) is 44.0 Å². The Hall–Kier alpha value is -2.34. The molecule has 128 valence electrons. The minimum Gasteiger partial charge on any atom is -0.491 e. The summed E-state index contributed by atoms with van der Waals surface area (Å²) in [6.45, 7) is 4.86. The van der Waals surface area contributed by atoms with Crippen molar-refractivity contribution in [3.63, 3.8) is 0 Å². The number of piperidine rings is 1. The number of para-hydroxylation sites is 1. The first-order valence-electron chi connectivity index (χ1n) is 8.46. The lowest BCUT2D eigenvalue weighted by Crippen LogP contribution is -2.32. The van der Waals surface area contributed by atoms with Crippen molar-refractivity contribution in [1.82, 2.24) is 20.4 Å². The lowest BCUT2D eigenvalue weighted by molar-refractivity contribution is 0.0940. The molecule has 1 saturated heterocycles. The van der Waals surface area contributed by atoms with Crippen molar-refractivity contribution in [1.29, 1.82) is 0 Å². The molecule has 1 fully saturated rings. The fourth-order valence-corrected chi connectivity index (χ4v) is 2.86. The molecule has 0 saturated carbocycles. The number of aryl methyl sites for hydroxylation is 1. The zero-order chi connectivity index (χ0) is 16.8. The molecule has 2 aromatic rings. The number of aromatic nitrogens is 2. The van der Waals surface area contributed by atoms with Crippen molar-refractivity contribution in [2.45, 2.75) is 25.8 Å². The number of rotatable bonds is 6. The van der Waals surface area contributed by atoms with Crippen LogP contribution in [0.15, 0.2) is 36.5 Å². The second kappa shape index (κ2) is 7.97. The van der Waals surface area contributed by atoms with Crippen LogP contribution in [-0.2, 0) is 0 Å². The first kappa shape index (κ1) is 16.5. The summed E-state index contributed by atoms with van der Waals surface area (Å²) in [7, 11) is 0. The Morgan fingerprint density at radius 1 is 1.42 bits per heavy atom. The molecule has 0 aliphatic carbocycles. The molecular formula is C18H24N4O2. The lowest BCUT2D eigenvalue weighted by Gasteiger charge is -2.22. The van der Waals surface area contributed by atoms with Crippen molar-refractivity contribution in [3.8, 4) is 5.75 Å². The van der Waals surface area contributed by atoms with Crippen LogP contribution in [0.25, 0.3) is 0 Å². The number of ether oxygens (including phenoxy) is 1. The lowest BCUT2D eigenvalue weighted by atomic mass is 10.1. The SMILES string of the molecule is Cc1ccccc1OCCNC(=O)c1ccn(C2CCCNC2)n1. The predicted octanol–water partition coefficient (Wildman–Crippen LogP) is 1.92. The Balaban J connectivity index is 1.45. The second-order valence-electron chi connectivity index (χ2n) is 6.05. The van der Waals surface area contributed by atoms with E-state index in [1.807, 2.05) is 42.1 Å². The predicted molar refractivity (Wildman–Crippen MR) is 92.4 cm³/mol. The van der Waals surface area contributed by atoms with E-state index >= 15 is 0 Å². The molecule has 6 nitrogen and oxygen atoms in total.